The third-order valence-corrected chi connectivity index (χ3v) is 1.85. The molecule has 5 nitrogen and oxygen atoms in total. The van der Waals surface area contributed by atoms with Gasteiger partial charge in [0.2, 0.25) is 11.7 Å². The van der Waals surface area contributed by atoms with E-state index in [9.17, 15) is 18.9 Å². The van der Waals surface area contributed by atoms with Crippen molar-refractivity contribution in [2.75, 3.05) is 0 Å². The second kappa shape index (κ2) is 4.23. The van der Waals surface area contributed by atoms with E-state index < -0.39 is 33.9 Å². The van der Waals surface area contributed by atoms with Crippen LogP contribution in [0.2, 0.25) is 0 Å². The SMILES string of the molecule is Cc1c(F)nc(F)c([N+](=O)[O-])c1OC(C)(C)C. The molecular formula is C10H12F2N2O3. The van der Waals surface area contributed by atoms with Crippen molar-refractivity contribution in [3.05, 3.63) is 27.6 Å². The zero-order valence-electron chi connectivity index (χ0n) is 9.88. The molecule has 0 bridgehead atoms. The van der Waals surface area contributed by atoms with E-state index in [1.165, 1.54) is 6.92 Å². The molecule has 0 saturated carbocycles. The van der Waals surface area contributed by atoms with Crippen molar-refractivity contribution < 1.29 is 18.4 Å². The first-order valence-corrected chi connectivity index (χ1v) is 4.82. The summed E-state index contributed by atoms with van der Waals surface area (Å²) >= 11 is 0. The highest BCUT2D eigenvalue weighted by Crippen LogP contribution is 2.35. The smallest absolute Gasteiger partial charge is 0.365 e. The van der Waals surface area contributed by atoms with Crippen LogP contribution in [0.25, 0.3) is 0 Å². The largest absolute Gasteiger partial charge is 0.481 e. The summed E-state index contributed by atoms with van der Waals surface area (Å²) in [6, 6.07) is 0. The minimum Gasteiger partial charge on any atom is -0.481 e. The molecule has 0 spiro atoms. The first-order chi connectivity index (χ1) is 7.63. The minimum atomic E-state index is -1.49. The summed E-state index contributed by atoms with van der Waals surface area (Å²) in [5.41, 5.74) is -1.94. The second-order valence-electron chi connectivity index (χ2n) is 4.47. The second-order valence-corrected chi connectivity index (χ2v) is 4.47. The Bertz CT molecular complexity index is 470. The minimum absolute atomic E-state index is 0.187. The van der Waals surface area contributed by atoms with Crippen LogP contribution in [0.3, 0.4) is 0 Å². The molecule has 0 radical (unpaired) electrons. The van der Waals surface area contributed by atoms with Gasteiger partial charge in [-0.1, -0.05) is 0 Å². The molecule has 1 rings (SSSR count). The van der Waals surface area contributed by atoms with Crippen LogP contribution < -0.4 is 4.74 Å². The molecule has 17 heavy (non-hydrogen) atoms. The summed E-state index contributed by atoms with van der Waals surface area (Å²) in [5.74, 6) is -3.03. The molecule has 0 atom stereocenters. The lowest BCUT2D eigenvalue weighted by molar-refractivity contribution is -0.389. The first kappa shape index (κ1) is 13.3. The van der Waals surface area contributed by atoms with Gasteiger partial charge in [0.1, 0.15) is 5.60 Å². The van der Waals surface area contributed by atoms with Gasteiger partial charge < -0.3 is 4.74 Å². The van der Waals surface area contributed by atoms with Crippen molar-refractivity contribution in [1.29, 1.82) is 0 Å². The Morgan fingerprint density at radius 3 is 2.24 bits per heavy atom. The van der Waals surface area contributed by atoms with E-state index in [1.54, 1.807) is 20.8 Å². The van der Waals surface area contributed by atoms with Crippen LogP contribution in [0.1, 0.15) is 26.3 Å². The summed E-state index contributed by atoms with van der Waals surface area (Å²) in [6.07, 6.45) is 0. The normalized spacial score (nSPS) is 11.4. The highest BCUT2D eigenvalue weighted by Gasteiger charge is 2.31. The number of nitrogens with zero attached hydrogens (tertiary/aromatic N) is 2. The molecule has 0 N–H and O–H groups in total. The predicted octanol–water partition coefficient (Wildman–Crippen LogP) is 2.75. The van der Waals surface area contributed by atoms with E-state index >= 15 is 0 Å². The van der Waals surface area contributed by atoms with Crippen molar-refractivity contribution in [1.82, 2.24) is 4.98 Å². The summed E-state index contributed by atoms with van der Waals surface area (Å²) in [7, 11) is 0. The zero-order chi connectivity index (χ0) is 13.4. The average molecular weight is 246 g/mol. The van der Waals surface area contributed by atoms with Crippen LogP contribution in [0, 0.1) is 28.9 Å². The number of hydrogen-bond donors (Lipinski definition) is 0. The van der Waals surface area contributed by atoms with Gasteiger partial charge >= 0.3 is 5.69 Å². The van der Waals surface area contributed by atoms with Gasteiger partial charge in [0.25, 0.3) is 5.95 Å². The summed E-state index contributed by atoms with van der Waals surface area (Å²) in [5, 5.41) is 10.7. The standard InChI is InChI=1S/C10H12F2N2O3/c1-5-7(17-10(2,3)4)6(14(15)16)9(12)13-8(5)11/h1-4H3. The van der Waals surface area contributed by atoms with Crippen LogP contribution >= 0.6 is 0 Å². The van der Waals surface area contributed by atoms with Crippen molar-refractivity contribution in [2.24, 2.45) is 0 Å². The van der Waals surface area contributed by atoms with Gasteiger partial charge in [-0.25, -0.2) is 0 Å². The lowest BCUT2D eigenvalue weighted by Crippen LogP contribution is -2.24. The van der Waals surface area contributed by atoms with Gasteiger partial charge in [-0.05, 0) is 27.7 Å². The van der Waals surface area contributed by atoms with E-state index in [0.717, 1.165) is 0 Å². The van der Waals surface area contributed by atoms with Gasteiger partial charge in [-0.3, -0.25) is 10.1 Å². The molecule has 0 unspecified atom stereocenters. The Hall–Kier alpha value is -1.79. The van der Waals surface area contributed by atoms with Crippen LogP contribution in [0.15, 0.2) is 0 Å². The Morgan fingerprint density at radius 2 is 1.82 bits per heavy atom. The molecule has 0 fully saturated rings. The number of nitro groups is 1. The van der Waals surface area contributed by atoms with Gasteiger partial charge in [-0.15, -0.1) is 0 Å². The summed E-state index contributed by atoms with van der Waals surface area (Å²) in [4.78, 5) is 12.6. The number of halogens is 2. The van der Waals surface area contributed by atoms with Crippen molar-refractivity contribution >= 4 is 5.69 Å². The van der Waals surface area contributed by atoms with Gasteiger partial charge in [0.15, 0.2) is 0 Å². The fourth-order valence-corrected chi connectivity index (χ4v) is 1.18. The fraction of sp³-hybridized carbons (Fsp3) is 0.500. The number of ether oxygens (including phenoxy) is 1. The molecule has 0 aliphatic heterocycles. The molecule has 7 heteroatoms. The molecule has 0 saturated heterocycles. The van der Waals surface area contributed by atoms with E-state index in [-0.39, 0.29) is 5.56 Å². The Labute approximate surface area is 96.6 Å². The van der Waals surface area contributed by atoms with E-state index in [2.05, 4.69) is 4.98 Å². The maximum atomic E-state index is 13.2. The average Bonchev–Trinajstić information content (AvgIpc) is 2.10. The van der Waals surface area contributed by atoms with E-state index in [1.807, 2.05) is 0 Å². The van der Waals surface area contributed by atoms with E-state index in [0.29, 0.717) is 0 Å². The molecule has 0 amide bonds. The molecule has 0 aliphatic carbocycles. The maximum absolute atomic E-state index is 13.2. The molecule has 0 aromatic carbocycles. The number of pyridine rings is 1. The first-order valence-electron chi connectivity index (χ1n) is 4.82. The van der Waals surface area contributed by atoms with E-state index in [4.69, 9.17) is 4.74 Å². The summed E-state index contributed by atoms with van der Waals surface area (Å²) < 4.78 is 31.7. The van der Waals surface area contributed by atoms with Crippen molar-refractivity contribution in [2.45, 2.75) is 33.3 Å². The fourth-order valence-electron chi connectivity index (χ4n) is 1.18. The highest BCUT2D eigenvalue weighted by molar-refractivity contribution is 5.50. The predicted molar refractivity (Wildman–Crippen MR) is 55.9 cm³/mol. The van der Waals surface area contributed by atoms with Crippen LogP contribution in [-0.2, 0) is 0 Å². The van der Waals surface area contributed by atoms with Crippen LogP contribution in [0.5, 0.6) is 5.75 Å². The van der Waals surface area contributed by atoms with Gasteiger partial charge in [0.05, 0.1) is 10.5 Å². The lowest BCUT2D eigenvalue weighted by Gasteiger charge is -2.22. The Kier molecular flexibility index (Phi) is 3.30. The maximum Gasteiger partial charge on any atom is 0.365 e. The Morgan fingerprint density at radius 1 is 1.29 bits per heavy atom. The van der Waals surface area contributed by atoms with Crippen molar-refractivity contribution in [3.8, 4) is 5.75 Å². The van der Waals surface area contributed by atoms with Gasteiger partial charge in [0, 0.05) is 0 Å². The lowest BCUT2D eigenvalue weighted by atomic mass is 10.1. The number of aromatic nitrogens is 1. The van der Waals surface area contributed by atoms with Crippen LogP contribution in [-0.4, -0.2) is 15.5 Å². The monoisotopic (exact) mass is 246 g/mol. The third-order valence-electron chi connectivity index (χ3n) is 1.85. The Balaban J connectivity index is 3.48. The highest BCUT2D eigenvalue weighted by atomic mass is 19.1. The quantitative estimate of drug-likeness (QED) is 0.457. The molecule has 94 valence electrons. The molecule has 1 heterocycles. The van der Waals surface area contributed by atoms with Crippen LogP contribution in [0.4, 0.5) is 14.5 Å². The van der Waals surface area contributed by atoms with Gasteiger partial charge in [-0.2, -0.15) is 13.8 Å². The molecule has 1 aromatic heterocycles. The topological polar surface area (TPSA) is 65.3 Å². The number of rotatable bonds is 2. The third kappa shape index (κ3) is 2.86. The summed E-state index contributed by atoms with van der Waals surface area (Å²) in [6.45, 7) is 6.10. The molecule has 0 aliphatic rings. The molecular weight excluding hydrogens is 234 g/mol. The zero-order valence-corrected chi connectivity index (χ0v) is 9.88. The molecule has 1 aromatic rings. The van der Waals surface area contributed by atoms with Crippen molar-refractivity contribution in [3.63, 3.8) is 0 Å². The number of hydrogen-bond acceptors (Lipinski definition) is 4.